The summed E-state index contributed by atoms with van der Waals surface area (Å²) < 4.78 is 13.3. The van der Waals surface area contributed by atoms with Crippen LogP contribution >= 0.6 is 11.8 Å². The van der Waals surface area contributed by atoms with E-state index in [1.165, 1.54) is 38.2 Å². The standard InChI is InChI=1S/C14H20FNS/c1-2-10-5-3-4-6-14(10)17-13-8-11(15)7-12(16)9-13/h7-10,14H,2-6,16H2,1H3. The molecule has 2 rings (SSSR count). The van der Waals surface area contributed by atoms with E-state index in [4.69, 9.17) is 5.73 Å². The van der Waals surface area contributed by atoms with Crippen LogP contribution in [0.5, 0.6) is 0 Å². The van der Waals surface area contributed by atoms with Crippen LogP contribution < -0.4 is 5.73 Å². The molecule has 1 saturated carbocycles. The summed E-state index contributed by atoms with van der Waals surface area (Å²) in [6.45, 7) is 2.25. The number of nitrogen functional groups attached to an aromatic ring is 1. The highest BCUT2D eigenvalue weighted by Gasteiger charge is 2.24. The molecular weight excluding hydrogens is 233 g/mol. The Bertz CT molecular complexity index is 360. The zero-order valence-electron chi connectivity index (χ0n) is 10.3. The molecule has 0 aromatic heterocycles. The Labute approximate surface area is 107 Å². The van der Waals surface area contributed by atoms with Gasteiger partial charge >= 0.3 is 0 Å². The number of thioether (sulfide) groups is 1. The molecule has 1 nitrogen and oxygen atoms in total. The Kier molecular flexibility index (Phi) is 4.32. The van der Waals surface area contributed by atoms with Crippen LogP contribution in [-0.4, -0.2) is 5.25 Å². The SMILES string of the molecule is CCC1CCCCC1Sc1cc(N)cc(F)c1. The highest BCUT2D eigenvalue weighted by Crippen LogP contribution is 2.39. The van der Waals surface area contributed by atoms with Gasteiger partial charge in [-0.25, -0.2) is 4.39 Å². The lowest BCUT2D eigenvalue weighted by Crippen LogP contribution is -2.21. The molecule has 2 atom stereocenters. The van der Waals surface area contributed by atoms with Gasteiger partial charge in [-0.3, -0.25) is 0 Å². The lowest BCUT2D eigenvalue weighted by molar-refractivity contribution is 0.361. The molecule has 0 spiro atoms. The predicted octanol–water partition coefficient (Wildman–Crippen LogP) is 4.47. The molecule has 1 aromatic rings. The Morgan fingerprint density at radius 3 is 2.76 bits per heavy atom. The fraction of sp³-hybridized carbons (Fsp3) is 0.571. The predicted molar refractivity (Wildman–Crippen MR) is 72.7 cm³/mol. The summed E-state index contributed by atoms with van der Waals surface area (Å²) in [4.78, 5) is 0.979. The molecule has 0 amide bonds. The van der Waals surface area contributed by atoms with Gasteiger partial charge in [0.15, 0.2) is 0 Å². The third kappa shape index (κ3) is 3.38. The van der Waals surface area contributed by atoms with E-state index in [2.05, 4.69) is 6.92 Å². The first kappa shape index (κ1) is 12.7. The highest BCUT2D eigenvalue weighted by atomic mass is 32.2. The summed E-state index contributed by atoms with van der Waals surface area (Å²) in [6, 6.07) is 4.86. The maximum absolute atomic E-state index is 13.3. The van der Waals surface area contributed by atoms with Crippen LogP contribution in [0, 0.1) is 11.7 Å². The van der Waals surface area contributed by atoms with Crippen LogP contribution in [0.4, 0.5) is 10.1 Å². The average molecular weight is 253 g/mol. The van der Waals surface area contributed by atoms with Crippen LogP contribution in [0.15, 0.2) is 23.1 Å². The van der Waals surface area contributed by atoms with Gasteiger partial charge in [-0.2, -0.15) is 0 Å². The summed E-state index contributed by atoms with van der Waals surface area (Å²) >= 11 is 1.81. The van der Waals surface area contributed by atoms with Crippen molar-refractivity contribution in [3.05, 3.63) is 24.0 Å². The molecular formula is C14H20FNS. The molecule has 3 heteroatoms. The third-order valence-corrected chi connectivity index (χ3v) is 4.98. The summed E-state index contributed by atoms with van der Waals surface area (Å²) in [6.07, 6.45) is 6.45. The normalized spacial score (nSPS) is 24.8. The van der Waals surface area contributed by atoms with E-state index in [9.17, 15) is 4.39 Å². The molecule has 0 bridgehead atoms. The summed E-state index contributed by atoms with van der Waals surface area (Å²) in [5, 5.41) is 0.634. The zero-order chi connectivity index (χ0) is 12.3. The van der Waals surface area contributed by atoms with Crippen molar-refractivity contribution in [1.29, 1.82) is 0 Å². The second-order valence-electron chi connectivity index (χ2n) is 4.83. The maximum Gasteiger partial charge on any atom is 0.126 e. The number of nitrogens with two attached hydrogens (primary N) is 1. The Morgan fingerprint density at radius 1 is 1.29 bits per heavy atom. The largest absolute Gasteiger partial charge is 0.399 e. The van der Waals surface area contributed by atoms with Crippen LogP contribution in [-0.2, 0) is 0 Å². The van der Waals surface area contributed by atoms with Crippen molar-refractivity contribution in [2.24, 2.45) is 5.92 Å². The van der Waals surface area contributed by atoms with Gasteiger partial charge in [0, 0.05) is 15.8 Å². The number of hydrogen-bond donors (Lipinski definition) is 1. The molecule has 94 valence electrons. The average Bonchev–Trinajstić information content (AvgIpc) is 2.28. The fourth-order valence-corrected chi connectivity index (χ4v) is 4.16. The molecule has 0 radical (unpaired) electrons. The fourth-order valence-electron chi connectivity index (χ4n) is 2.62. The van der Waals surface area contributed by atoms with Gasteiger partial charge in [-0.1, -0.05) is 26.2 Å². The van der Waals surface area contributed by atoms with Crippen LogP contribution in [0.25, 0.3) is 0 Å². The van der Waals surface area contributed by atoms with E-state index < -0.39 is 0 Å². The topological polar surface area (TPSA) is 26.0 Å². The maximum atomic E-state index is 13.3. The lowest BCUT2D eigenvalue weighted by Gasteiger charge is -2.30. The second-order valence-corrected chi connectivity index (χ2v) is 6.14. The zero-order valence-corrected chi connectivity index (χ0v) is 11.1. The first-order valence-electron chi connectivity index (χ1n) is 6.41. The molecule has 1 aliphatic rings. The van der Waals surface area contributed by atoms with Gasteiger partial charge in [-0.15, -0.1) is 11.8 Å². The van der Waals surface area contributed by atoms with E-state index in [1.807, 2.05) is 6.07 Å². The molecule has 0 aliphatic heterocycles. The minimum atomic E-state index is -0.226. The van der Waals surface area contributed by atoms with Crippen LogP contribution in [0.3, 0.4) is 0 Å². The van der Waals surface area contributed by atoms with Crippen LogP contribution in [0.2, 0.25) is 0 Å². The van der Waals surface area contributed by atoms with Gasteiger partial charge < -0.3 is 5.73 Å². The van der Waals surface area contributed by atoms with Gasteiger partial charge in [0.1, 0.15) is 5.82 Å². The molecule has 1 aliphatic carbocycles. The van der Waals surface area contributed by atoms with Crippen molar-refractivity contribution >= 4 is 17.4 Å². The minimum Gasteiger partial charge on any atom is -0.399 e. The first-order chi connectivity index (χ1) is 8.19. The molecule has 1 aromatic carbocycles. The Morgan fingerprint density at radius 2 is 2.06 bits per heavy atom. The quantitative estimate of drug-likeness (QED) is 0.804. The highest BCUT2D eigenvalue weighted by molar-refractivity contribution is 8.00. The number of anilines is 1. The van der Waals surface area contributed by atoms with E-state index >= 15 is 0 Å². The van der Waals surface area contributed by atoms with Crippen molar-refractivity contribution in [3.63, 3.8) is 0 Å². The molecule has 1 fully saturated rings. The van der Waals surface area contributed by atoms with Gasteiger partial charge in [0.05, 0.1) is 0 Å². The van der Waals surface area contributed by atoms with E-state index in [0.29, 0.717) is 10.9 Å². The molecule has 17 heavy (non-hydrogen) atoms. The van der Waals surface area contributed by atoms with Crippen molar-refractivity contribution in [2.45, 2.75) is 49.2 Å². The monoisotopic (exact) mass is 253 g/mol. The number of halogens is 1. The summed E-state index contributed by atoms with van der Waals surface area (Å²) in [5.74, 6) is 0.551. The van der Waals surface area contributed by atoms with E-state index in [1.54, 1.807) is 17.8 Å². The van der Waals surface area contributed by atoms with E-state index in [0.717, 1.165) is 10.8 Å². The third-order valence-electron chi connectivity index (χ3n) is 3.54. The number of rotatable bonds is 3. The Balaban J connectivity index is 2.08. The van der Waals surface area contributed by atoms with Gasteiger partial charge in [0.25, 0.3) is 0 Å². The molecule has 2 N–H and O–H groups in total. The lowest BCUT2D eigenvalue weighted by atomic mass is 9.87. The van der Waals surface area contributed by atoms with Crippen molar-refractivity contribution in [2.75, 3.05) is 5.73 Å². The van der Waals surface area contributed by atoms with E-state index in [-0.39, 0.29) is 5.82 Å². The summed E-state index contributed by atoms with van der Waals surface area (Å²) in [7, 11) is 0. The summed E-state index contributed by atoms with van der Waals surface area (Å²) in [5.41, 5.74) is 6.20. The van der Waals surface area contributed by atoms with Gasteiger partial charge in [0.2, 0.25) is 0 Å². The molecule has 0 heterocycles. The van der Waals surface area contributed by atoms with Crippen molar-refractivity contribution in [3.8, 4) is 0 Å². The minimum absolute atomic E-state index is 0.226. The number of benzene rings is 1. The smallest absolute Gasteiger partial charge is 0.126 e. The molecule has 2 unspecified atom stereocenters. The molecule has 0 saturated heterocycles. The Hall–Kier alpha value is -0.700. The second kappa shape index (κ2) is 5.76. The first-order valence-corrected chi connectivity index (χ1v) is 7.29. The van der Waals surface area contributed by atoms with Crippen molar-refractivity contribution < 1.29 is 4.39 Å². The van der Waals surface area contributed by atoms with Gasteiger partial charge in [-0.05, 0) is 37.0 Å². The van der Waals surface area contributed by atoms with Crippen molar-refractivity contribution in [1.82, 2.24) is 0 Å². The van der Waals surface area contributed by atoms with Crippen LogP contribution in [0.1, 0.15) is 39.0 Å². The number of hydrogen-bond acceptors (Lipinski definition) is 2.